The first kappa shape index (κ1) is 18.1. The van der Waals surface area contributed by atoms with Crippen LogP contribution in [0.3, 0.4) is 0 Å². The van der Waals surface area contributed by atoms with E-state index in [1.165, 1.54) is 18.5 Å². The summed E-state index contributed by atoms with van der Waals surface area (Å²) < 4.78 is 21.1. The highest BCUT2D eigenvalue weighted by atomic mass is 19.1. The lowest BCUT2D eigenvalue weighted by Gasteiger charge is -2.10. The van der Waals surface area contributed by atoms with Crippen LogP contribution in [0.15, 0.2) is 61.2 Å². The SMILES string of the molecule is NC(=O)c1cccc(OCC(=O)NCc2ccc(-n3ccnc3)c(F)c2)c1. The third-order valence-corrected chi connectivity index (χ3v) is 3.77. The highest BCUT2D eigenvalue weighted by molar-refractivity contribution is 5.93. The lowest BCUT2D eigenvalue weighted by atomic mass is 10.2. The Morgan fingerprint density at radius 2 is 2.07 bits per heavy atom. The molecule has 8 heteroatoms. The molecule has 3 N–H and O–H groups in total. The van der Waals surface area contributed by atoms with Gasteiger partial charge in [0.15, 0.2) is 6.61 Å². The topological polar surface area (TPSA) is 99.2 Å². The molecule has 0 atom stereocenters. The zero-order chi connectivity index (χ0) is 19.2. The number of nitrogens with one attached hydrogen (secondary N) is 1. The van der Waals surface area contributed by atoms with E-state index in [1.54, 1.807) is 47.3 Å². The molecule has 0 aliphatic heterocycles. The third-order valence-electron chi connectivity index (χ3n) is 3.77. The number of carbonyl (C=O) groups excluding carboxylic acids is 2. The van der Waals surface area contributed by atoms with Crippen LogP contribution in [-0.4, -0.2) is 28.0 Å². The van der Waals surface area contributed by atoms with Gasteiger partial charge in [-0.05, 0) is 35.9 Å². The number of hydrogen-bond donors (Lipinski definition) is 2. The van der Waals surface area contributed by atoms with E-state index < -0.39 is 11.7 Å². The number of benzene rings is 2. The molecule has 0 fully saturated rings. The standard InChI is InChI=1S/C19H17FN4O3/c20-16-8-13(4-5-17(16)24-7-6-22-12-24)10-23-18(25)11-27-15-3-1-2-14(9-15)19(21)26/h1-9,12H,10-11H2,(H2,21,26)(H,23,25). The first-order valence-corrected chi connectivity index (χ1v) is 8.09. The zero-order valence-corrected chi connectivity index (χ0v) is 14.3. The van der Waals surface area contributed by atoms with Gasteiger partial charge in [0.25, 0.3) is 5.91 Å². The summed E-state index contributed by atoms with van der Waals surface area (Å²) in [6, 6.07) is 10.9. The number of halogens is 1. The van der Waals surface area contributed by atoms with Crippen molar-refractivity contribution in [3.63, 3.8) is 0 Å². The minimum absolute atomic E-state index is 0.157. The van der Waals surface area contributed by atoms with Crippen molar-refractivity contribution in [2.75, 3.05) is 6.61 Å². The monoisotopic (exact) mass is 368 g/mol. The first-order chi connectivity index (χ1) is 13.0. The molecule has 1 aromatic heterocycles. The molecule has 0 aliphatic carbocycles. The van der Waals surface area contributed by atoms with Crippen LogP contribution >= 0.6 is 0 Å². The van der Waals surface area contributed by atoms with Gasteiger partial charge in [-0.15, -0.1) is 0 Å². The molecule has 0 aliphatic rings. The molecule has 0 bridgehead atoms. The molecule has 3 rings (SSSR count). The van der Waals surface area contributed by atoms with Gasteiger partial charge >= 0.3 is 0 Å². The van der Waals surface area contributed by atoms with E-state index in [2.05, 4.69) is 10.3 Å². The Bertz CT molecular complexity index is 957. The smallest absolute Gasteiger partial charge is 0.258 e. The zero-order valence-electron chi connectivity index (χ0n) is 14.3. The van der Waals surface area contributed by atoms with Crippen LogP contribution in [0.1, 0.15) is 15.9 Å². The maximum atomic E-state index is 14.2. The maximum absolute atomic E-state index is 14.2. The number of ether oxygens (including phenoxy) is 1. The van der Waals surface area contributed by atoms with Gasteiger partial charge in [-0.25, -0.2) is 9.37 Å². The Labute approximate surface area is 154 Å². The fourth-order valence-electron chi connectivity index (χ4n) is 2.41. The van der Waals surface area contributed by atoms with Gasteiger partial charge in [0.05, 0.1) is 12.0 Å². The van der Waals surface area contributed by atoms with Crippen molar-refractivity contribution < 1.29 is 18.7 Å². The largest absolute Gasteiger partial charge is 0.484 e. The number of carbonyl (C=O) groups is 2. The van der Waals surface area contributed by atoms with Crippen molar-refractivity contribution in [3.05, 3.63) is 78.1 Å². The summed E-state index contributed by atoms with van der Waals surface area (Å²) in [7, 11) is 0. The Hall–Kier alpha value is -3.68. The third kappa shape index (κ3) is 4.69. The molecule has 0 saturated carbocycles. The van der Waals surface area contributed by atoms with Crippen molar-refractivity contribution in [1.29, 1.82) is 0 Å². The Balaban J connectivity index is 1.53. The molecule has 2 amide bonds. The molecule has 3 aromatic rings. The summed E-state index contributed by atoms with van der Waals surface area (Å²) in [6.45, 7) is -0.0809. The molecule has 0 spiro atoms. The lowest BCUT2D eigenvalue weighted by molar-refractivity contribution is -0.123. The van der Waals surface area contributed by atoms with E-state index in [0.717, 1.165) is 0 Å². The Morgan fingerprint density at radius 3 is 2.78 bits per heavy atom. The summed E-state index contributed by atoms with van der Waals surface area (Å²) in [5.41, 5.74) is 6.47. The summed E-state index contributed by atoms with van der Waals surface area (Å²) in [5, 5.41) is 2.65. The maximum Gasteiger partial charge on any atom is 0.258 e. The summed E-state index contributed by atoms with van der Waals surface area (Å²) in [4.78, 5) is 26.9. The molecule has 0 saturated heterocycles. The molecule has 0 unspecified atom stereocenters. The van der Waals surface area contributed by atoms with Crippen LogP contribution in [0.25, 0.3) is 5.69 Å². The predicted octanol–water partition coefficient (Wildman–Crippen LogP) is 1.81. The highest BCUT2D eigenvalue weighted by Gasteiger charge is 2.08. The number of hydrogen-bond acceptors (Lipinski definition) is 4. The van der Waals surface area contributed by atoms with Crippen LogP contribution in [0, 0.1) is 5.82 Å². The summed E-state index contributed by atoms with van der Waals surface area (Å²) >= 11 is 0. The van der Waals surface area contributed by atoms with E-state index in [1.807, 2.05) is 0 Å². The predicted molar refractivity (Wildman–Crippen MR) is 95.8 cm³/mol. The van der Waals surface area contributed by atoms with Gasteiger partial charge in [0.1, 0.15) is 11.6 Å². The molecule has 2 aromatic carbocycles. The number of nitrogens with zero attached hydrogens (tertiary/aromatic N) is 2. The quantitative estimate of drug-likeness (QED) is 0.664. The van der Waals surface area contributed by atoms with Crippen molar-refractivity contribution in [3.8, 4) is 11.4 Å². The van der Waals surface area contributed by atoms with Crippen LogP contribution in [-0.2, 0) is 11.3 Å². The number of rotatable bonds is 7. The van der Waals surface area contributed by atoms with Gasteiger partial charge in [0, 0.05) is 24.5 Å². The highest BCUT2D eigenvalue weighted by Crippen LogP contribution is 2.15. The van der Waals surface area contributed by atoms with E-state index in [9.17, 15) is 14.0 Å². The average molecular weight is 368 g/mol. The van der Waals surface area contributed by atoms with E-state index >= 15 is 0 Å². The first-order valence-electron chi connectivity index (χ1n) is 8.09. The molecule has 7 nitrogen and oxygen atoms in total. The molecular formula is C19H17FN4O3. The minimum atomic E-state index is -0.578. The van der Waals surface area contributed by atoms with Crippen LogP contribution < -0.4 is 15.8 Å². The van der Waals surface area contributed by atoms with Gasteiger partial charge in [-0.1, -0.05) is 12.1 Å². The van der Waals surface area contributed by atoms with Crippen LogP contribution in [0.2, 0.25) is 0 Å². The van der Waals surface area contributed by atoms with Gasteiger partial charge in [0.2, 0.25) is 5.91 Å². The van der Waals surface area contributed by atoms with Crippen LogP contribution in [0.5, 0.6) is 5.75 Å². The second-order valence-corrected chi connectivity index (χ2v) is 5.71. The van der Waals surface area contributed by atoms with Crippen molar-refractivity contribution in [2.24, 2.45) is 5.73 Å². The summed E-state index contributed by atoms with van der Waals surface area (Å²) in [5.74, 6) is -1.01. The number of nitrogens with two attached hydrogens (primary N) is 1. The Morgan fingerprint density at radius 1 is 1.22 bits per heavy atom. The van der Waals surface area contributed by atoms with Crippen molar-refractivity contribution in [1.82, 2.24) is 14.9 Å². The van der Waals surface area contributed by atoms with Crippen molar-refractivity contribution >= 4 is 11.8 Å². The molecule has 138 valence electrons. The molecule has 27 heavy (non-hydrogen) atoms. The van der Waals surface area contributed by atoms with Gasteiger partial charge in [-0.2, -0.15) is 0 Å². The normalized spacial score (nSPS) is 10.4. The van der Waals surface area contributed by atoms with Crippen molar-refractivity contribution in [2.45, 2.75) is 6.54 Å². The van der Waals surface area contributed by atoms with E-state index in [-0.39, 0.29) is 19.1 Å². The number of imidazole rings is 1. The average Bonchev–Trinajstić information content (AvgIpc) is 3.19. The van der Waals surface area contributed by atoms with E-state index in [4.69, 9.17) is 10.5 Å². The number of primary amides is 1. The number of amides is 2. The summed E-state index contributed by atoms with van der Waals surface area (Å²) in [6.07, 6.45) is 4.71. The fourth-order valence-corrected chi connectivity index (χ4v) is 2.41. The van der Waals surface area contributed by atoms with E-state index in [0.29, 0.717) is 22.6 Å². The molecular weight excluding hydrogens is 351 g/mol. The van der Waals surface area contributed by atoms with Gasteiger partial charge < -0.3 is 20.4 Å². The van der Waals surface area contributed by atoms with Crippen LogP contribution in [0.4, 0.5) is 4.39 Å². The molecule has 0 radical (unpaired) electrons. The Kier molecular flexibility index (Phi) is 5.46. The minimum Gasteiger partial charge on any atom is -0.484 e. The van der Waals surface area contributed by atoms with Gasteiger partial charge in [-0.3, -0.25) is 9.59 Å². The second kappa shape index (κ2) is 8.13. The lowest BCUT2D eigenvalue weighted by Crippen LogP contribution is -2.28. The second-order valence-electron chi connectivity index (χ2n) is 5.71. The fraction of sp³-hybridized carbons (Fsp3) is 0.105. The molecule has 1 heterocycles. The number of aromatic nitrogens is 2.